The van der Waals surface area contributed by atoms with Gasteiger partial charge >= 0.3 is 5.97 Å². The zero-order valence-corrected chi connectivity index (χ0v) is 36.7. The molecule has 0 spiro atoms. The number of nitrogens with zero attached hydrogens (tertiary/aromatic N) is 4. The number of amides is 7. The third kappa shape index (κ3) is 11.2. The Morgan fingerprint density at radius 2 is 1.58 bits per heavy atom. The second kappa shape index (κ2) is 20.8. The average molecular weight is 863 g/mol. The minimum atomic E-state index is -1.91. The first kappa shape index (κ1) is 48.1. The smallest absolute Gasteiger partial charge is 0.329 e. The van der Waals surface area contributed by atoms with Gasteiger partial charge in [0, 0.05) is 25.4 Å². The number of hydrogen-bond donors (Lipinski definition) is 6. The molecule has 10 atom stereocenters. The van der Waals surface area contributed by atoms with Crippen molar-refractivity contribution < 1.29 is 53.3 Å². The van der Waals surface area contributed by atoms with Crippen molar-refractivity contribution in [3.05, 3.63) is 11.8 Å². The fourth-order valence-corrected chi connectivity index (χ4v) is 8.98. The number of nitrogens with one attached hydrogen (secondary N) is 4. The molecule has 0 unspecified atom stereocenters. The molecule has 4 rings (SSSR count). The van der Waals surface area contributed by atoms with Gasteiger partial charge in [-0.25, -0.2) is 4.79 Å². The Balaban J connectivity index is 1.68. The summed E-state index contributed by atoms with van der Waals surface area (Å²) < 4.78 is 5.29. The van der Waals surface area contributed by atoms with E-state index in [4.69, 9.17) is 4.74 Å². The van der Waals surface area contributed by atoms with Gasteiger partial charge in [0.1, 0.15) is 48.6 Å². The number of esters is 1. The van der Waals surface area contributed by atoms with E-state index in [1.165, 1.54) is 43.6 Å². The standard InChI is InChI=1S/C40H62N8O11S/c1-10-24-37(55)47-14-12-11-13-27(47)34(53)45-30(23(8)49)39(57)46(9)31(20(4)5)40(58)59-17-29(50)35(54)41-22(7)32(51)43-25(15-19(2)3)38(56)48-21(6)16-28(48)36-44-26(18-60-36)33(52)42-24/h10,19-23,25-31,49-50H,11-18H2,1-9H3,(H,41,54)(H,42,52)(H,43,51)(H,45,53)/b24-10-/t21-,22+,23-,25-,26+,27+,28+,29+,30+,31+/m1/s1. The molecule has 4 aliphatic rings. The third-order valence-corrected chi connectivity index (χ3v) is 12.3. The number of hydrogen-bond acceptors (Lipinski definition) is 13. The van der Waals surface area contributed by atoms with Crippen LogP contribution in [0, 0.1) is 11.8 Å². The summed E-state index contributed by atoms with van der Waals surface area (Å²) in [4.78, 5) is 118. The van der Waals surface area contributed by atoms with E-state index >= 15 is 0 Å². The summed E-state index contributed by atoms with van der Waals surface area (Å²) in [5, 5.41) is 32.3. The van der Waals surface area contributed by atoms with E-state index in [0.717, 1.165) is 4.90 Å². The lowest BCUT2D eigenvalue weighted by molar-refractivity contribution is -0.161. The highest BCUT2D eigenvalue weighted by atomic mass is 32.2. The lowest BCUT2D eigenvalue weighted by Gasteiger charge is -2.48. The van der Waals surface area contributed by atoms with Crippen LogP contribution in [0.5, 0.6) is 0 Å². The first-order valence-electron chi connectivity index (χ1n) is 20.7. The molecule has 20 heteroatoms. The average Bonchev–Trinajstić information content (AvgIpc) is 3.68. The number of allylic oxidation sites excluding steroid dienone is 1. The Labute approximate surface area is 355 Å². The number of carbonyl (C=O) groups is 8. The maximum atomic E-state index is 14.1. The van der Waals surface area contributed by atoms with Gasteiger partial charge in [0.05, 0.1) is 17.2 Å². The Bertz CT molecular complexity index is 1740. The number of ether oxygens (including phenoxy) is 1. The van der Waals surface area contributed by atoms with Crippen molar-refractivity contribution in [2.24, 2.45) is 16.8 Å². The van der Waals surface area contributed by atoms with Gasteiger partial charge in [0.25, 0.3) is 11.8 Å². The predicted octanol–water partition coefficient (Wildman–Crippen LogP) is -0.807. The molecule has 4 heterocycles. The predicted molar refractivity (Wildman–Crippen MR) is 221 cm³/mol. The summed E-state index contributed by atoms with van der Waals surface area (Å²) in [6.45, 7) is 12.5. The molecule has 0 aromatic rings. The molecule has 60 heavy (non-hydrogen) atoms. The molecule has 2 bridgehead atoms. The fourth-order valence-electron chi connectivity index (χ4n) is 7.83. The minimum Gasteiger partial charge on any atom is -0.461 e. The molecule has 6 N–H and O–H groups in total. The number of carbonyl (C=O) groups excluding carboxylic acids is 8. The van der Waals surface area contributed by atoms with Gasteiger partial charge in [0.2, 0.25) is 29.5 Å². The van der Waals surface area contributed by atoms with Gasteiger partial charge < -0.3 is 50.9 Å². The van der Waals surface area contributed by atoms with Crippen molar-refractivity contribution in [1.82, 2.24) is 36.0 Å². The summed E-state index contributed by atoms with van der Waals surface area (Å²) in [6.07, 6.45) is 0.297. The Kier molecular flexibility index (Phi) is 16.7. The number of cyclic esters (lactones) is 1. The monoisotopic (exact) mass is 862 g/mol. The summed E-state index contributed by atoms with van der Waals surface area (Å²) in [5.74, 6) is -6.17. The molecule has 0 radical (unpaired) electrons. The van der Waals surface area contributed by atoms with E-state index in [9.17, 15) is 48.6 Å². The Morgan fingerprint density at radius 3 is 2.18 bits per heavy atom. The molecule has 0 aromatic heterocycles. The van der Waals surface area contributed by atoms with E-state index in [-0.39, 0.29) is 48.7 Å². The molecule has 334 valence electrons. The van der Waals surface area contributed by atoms with E-state index < -0.39 is 108 Å². The Morgan fingerprint density at radius 1 is 0.900 bits per heavy atom. The molecule has 7 amide bonds. The Hall–Kier alpha value is -4.56. The lowest BCUT2D eigenvalue weighted by Crippen LogP contribution is -2.65. The highest BCUT2D eigenvalue weighted by molar-refractivity contribution is 8.14. The van der Waals surface area contributed by atoms with Gasteiger partial charge in [-0.05, 0) is 71.6 Å². The quantitative estimate of drug-likeness (QED) is 0.150. The molecule has 19 nitrogen and oxygen atoms in total. The van der Waals surface area contributed by atoms with Crippen LogP contribution in [0.3, 0.4) is 0 Å². The normalized spacial score (nSPS) is 32.5. The lowest BCUT2D eigenvalue weighted by atomic mass is 9.91. The molecular formula is C40H62N8O11S. The maximum Gasteiger partial charge on any atom is 0.329 e. The highest BCUT2D eigenvalue weighted by Gasteiger charge is 2.47. The van der Waals surface area contributed by atoms with E-state index in [2.05, 4.69) is 26.3 Å². The number of thioether (sulfide) groups is 1. The van der Waals surface area contributed by atoms with Crippen molar-refractivity contribution in [2.75, 3.05) is 26.0 Å². The fraction of sp³-hybridized carbons (Fsp3) is 0.725. The second-order valence-electron chi connectivity index (χ2n) is 16.8. The number of aliphatic imine (C=N–C) groups is 1. The van der Waals surface area contributed by atoms with E-state index in [1.807, 2.05) is 20.8 Å². The van der Waals surface area contributed by atoms with E-state index in [1.54, 1.807) is 25.7 Å². The number of fused-ring (bicyclic) bond motifs is 4. The molecule has 0 aromatic carbocycles. The number of aliphatic hydroxyl groups excluding tert-OH is 2. The van der Waals surface area contributed by atoms with Gasteiger partial charge in [-0.15, -0.1) is 11.8 Å². The number of piperidine rings is 1. The maximum absolute atomic E-state index is 14.1. The van der Waals surface area contributed by atoms with Crippen LogP contribution in [0.2, 0.25) is 0 Å². The van der Waals surface area contributed by atoms with Crippen molar-refractivity contribution in [3.8, 4) is 0 Å². The molecule has 0 aliphatic carbocycles. The number of likely N-dealkylation sites (N-methyl/N-ethyl adjacent to an activating group) is 1. The van der Waals surface area contributed by atoms with Crippen molar-refractivity contribution in [2.45, 2.75) is 148 Å². The first-order chi connectivity index (χ1) is 28.2. The van der Waals surface area contributed by atoms with Crippen LogP contribution in [0.15, 0.2) is 16.8 Å². The summed E-state index contributed by atoms with van der Waals surface area (Å²) in [5.41, 5.74) is -0.0699. The van der Waals surface area contributed by atoms with Gasteiger partial charge in [-0.1, -0.05) is 33.8 Å². The molecular weight excluding hydrogens is 801 g/mol. The largest absolute Gasteiger partial charge is 0.461 e. The van der Waals surface area contributed by atoms with Gasteiger partial charge in [-0.3, -0.25) is 38.6 Å². The summed E-state index contributed by atoms with van der Waals surface area (Å²) >= 11 is 1.32. The van der Waals surface area contributed by atoms with E-state index in [0.29, 0.717) is 24.3 Å². The molecule has 2 saturated heterocycles. The van der Waals surface area contributed by atoms with Crippen LogP contribution >= 0.6 is 11.8 Å². The topological polar surface area (TPSA) is 256 Å². The first-order valence-corrected chi connectivity index (χ1v) is 21.7. The number of rotatable bonds is 4. The highest BCUT2D eigenvalue weighted by Crippen LogP contribution is 2.35. The zero-order chi connectivity index (χ0) is 44.7. The van der Waals surface area contributed by atoms with Crippen LogP contribution in [0.1, 0.15) is 87.5 Å². The number of aliphatic hydroxyl groups is 2. The van der Waals surface area contributed by atoms with Crippen molar-refractivity contribution >= 4 is 64.1 Å². The van der Waals surface area contributed by atoms with Crippen LogP contribution in [-0.4, -0.2) is 164 Å². The SMILES string of the molecule is C/C=C1\NC(=O)[C@@H]2CSC(=N2)[C@@H]2C[C@@H](C)N2C(=O)[C@@H](CC(C)C)NC(=O)[C@H](C)NC(=O)[C@@H](O)COC(=O)[C@H](C(C)C)N(C)C(=O)[C@H]([C@@H](C)O)NC(=O)[C@@H]2CCCCN2C1=O. The van der Waals surface area contributed by atoms with Gasteiger partial charge in [0.15, 0.2) is 6.10 Å². The van der Waals surface area contributed by atoms with Gasteiger partial charge in [-0.2, -0.15) is 0 Å². The third-order valence-electron chi connectivity index (χ3n) is 11.2. The minimum absolute atomic E-state index is 0.0176. The van der Waals surface area contributed by atoms with Crippen LogP contribution in [0.4, 0.5) is 0 Å². The summed E-state index contributed by atoms with van der Waals surface area (Å²) in [7, 11) is 1.28. The van der Waals surface area contributed by atoms with Crippen LogP contribution in [-0.2, 0) is 43.1 Å². The summed E-state index contributed by atoms with van der Waals surface area (Å²) in [6, 6.07) is -7.64. The zero-order valence-electron chi connectivity index (χ0n) is 35.9. The van der Waals surface area contributed by atoms with Crippen LogP contribution < -0.4 is 21.3 Å². The molecule has 2 fully saturated rings. The van der Waals surface area contributed by atoms with Crippen molar-refractivity contribution in [3.63, 3.8) is 0 Å². The van der Waals surface area contributed by atoms with Crippen LogP contribution in [0.25, 0.3) is 0 Å². The molecule has 4 aliphatic heterocycles. The second-order valence-corrected chi connectivity index (χ2v) is 17.8. The molecule has 0 saturated carbocycles. The van der Waals surface area contributed by atoms with Crippen molar-refractivity contribution in [1.29, 1.82) is 0 Å².